The van der Waals surface area contributed by atoms with E-state index in [9.17, 15) is 4.39 Å². The highest BCUT2D eigenvalue weighted by Crippen LogP contribution is 2.23. The van der Waals surface area contributed by atoms with E-state index >= 15 is 0 Å². The molecule has 3 nitrogen and oxygen atoms in total. The summed E-state index contributed by atoms with van der Waals surface area (Å²) in [4.78, 5) is 4.40. The Morgan fingerprint density at radius 3 is 2.61 bits per heavy atom. The first-order valence-corrected chi connectivity index (χ1v) is 6.55. The molecule has 0 aliphatic carbocycles. The van der Waals surface area contributed by atoms with E-state index in [-0.39, 0.29) is 11.2 Å². The van der Waals surface area contributed by atoms with Gasteiger partial charge in [0.15, 0.2) is 0 Å². The highest BCUT2D eigenvalue weighted by Gasteiger charge is 2.19. The molecule has 0 aliphatic rings. The Morgan fingerprint density at radius 1 is 1.28 bits per heavy atom. The molecule has 1 N–H and O–H groups in total. The van der Waals surface area contributed by atoms with Crippen LogP contribution in [0.2, 0.25) is 0 Å². The van der Waals surface area contributed by atoms with Crippen LogP contribution in [-0.4, -0.2) is 9.36 Å². The van der Waals surface area contributed by atoms with E-state index in [0.29, 0.717) is 12.1 Å². The molecule has 18 heavy (non-hydrogen) atoms. The lowest BCUT2D eigenvalue weighted by Gasteiger charge is -2.12. The summed E-state index contributed by atoms with van der Waals surface area (Å²) in [5, 5.41) is 3.82. The molecule has 0 atom stereocenters. The molecule has 0 spiro atoms. The van der Waals surface area contributed by atoms with Crippen LogP contribution in [0.3, 0.4) is 0 Å². The van der Waals surface area contributed by atoms with E-state index in [1.54, 1.807) is 12.1 Å². The quantitative estimate of drug-likeness (QED) is 0.921. The molecule has 96 valence electrons. The Balaban J connectivity index is 2.03. The molecular weight excluding hydrogens is 249 g/mol. The largest absolute Gasteiger partial charge is 0.356 e. The number of rotatable bonds is 3. The Kier molecular flexibility index (Phi) is 3.61. The lowest BCUT2D eigenvalue weighted by atomic mass is 9.96. The van der Waals surface area contributed by atoms with E-state index in [2.05, 4.69) is 35.4 Å². The van der Waals surface area contributed by atoms with Gasteiger partial charge in [0.25, 0.3) is 0 Å². The molecule has 2 aromatic rings. The fraction of sp³-hybridized carbons (Fsp3) is 0.385. The maximum Gasteiger partial charge on any atom is 0.202 e. The number of aromatic nitrogens is 2. The van der Waals surface area contributed by atoms with Crippen LogP contribution < -0.4 is 5.32 Å². The van der Waals surface area contributed by atoms with Gasteiger partial charge in [0.05, 0.1) is 0 Å². The fourth-order valence-corrected chi connectivity index (χ4v) is 2.16. The van der Waals surface area contributed by atoms with Crippen LogP contribution in [0.25, 0.3) is 0 Å². The van der Waals surface area contributed by atoms with Crippen molar-refractivity contribution in [2.45, 2.75) is 32.7 Å². The molecule has 0 aliphatic heterocycles. The molecule has 1 aromatic carbocycles. The average Bonchev–Trinajstić information content (AvgIpc) is 2.76. The zero-order chi connectivity index (χ0) is 13.2. The van der Waals surface area contributed by atoms with Gasteiger partial charge in [-0.1, -0.05) is 39.0 Å². The fourth-order valence-electron chi connectivity index (χ4n) is 1.41. The standard InChI is InChI=1S/C13H16FN3S/c1-13(2,3)11-16-12(18-17-11)15-8-9-6-4-5-7-10(9)14/h4-7H,8H2,1-3H3,(H,15,16,17). The number of hydrogen-bond donors (Lipinski definition) is 1. The number of anilines is 1. The van der Waals surface area contributed by atoms with Gasteiger partial charge < -0.3 is 5.32 Å². The van der Waals surface area contributed by atoms with Crippen molar-refractivity contribution in [2.75, 3.05) is 5.32 Å². The third-order valence-electron chi connectivity index (χ3n) is 2.48. The van der Waals surface area contributed by atoms with Crippen molar-refractivity contribution in [3.8, 4) is 0 Å². The summed E-state index contributed by atoms with van der Waals surface area (Å²) in [6, 6.07) is 6.72. The van der Waals surface area contributed by atoms with Crippen molar-refractivity contribution in [1.29, 1.82) is 0 Å². The van der Waals surface area contributed by atoms with Crippen molar-refractivity contribution in [3.05, 3.63) is 41.5 Å². The maximum absolute atomic E-state index is 13.4. The van der Waals surface area contributed by atoms with Crippen LogP contribution in [-0.2, 0) is 12.0 Å². The smallest absolute Gasteiger partial charge is 0.202 e. The predicted molar refractivity (Wildman–Crippen MR) is 72.3 cm³/mol. The Hall–Kier alpha value is -1.49. The lowest BCUT2D eigenvalue weighted by Crippen LogP contribution is -2.13. The maximum atomic E-state index is 13.4. The summed E-state index contributed by atoms with van der Waals surface area (Å²) in [5.74, 6) is 0.606. The third-order valence-corrected chi connectivity index (χ3v) is 3.16. The number of nitrogens with one attached hydrogen (secondary N) is 1. The zero-order valence-electron chi connectivity index (χ0n) is 10.7. The van der Waals surface area contributed by atoms with Crippen molar-refractivity contribution < 1.29 is 4.39 Å². The van der Waals surface area contributed by atoms with Gasteiger partial charge in [0, 0.05) is 29.1 Å². The van der Waals surface area contributed by atoms with Crippen LogP contribution in [0.1, 0.15) is 32.2 Å². The van der Waals surface area contributed by atoms with Gasteiger partial charge in [-0.2, -0.15) is 4.37 Å². The van der Waals surface area contributed by atoms with Crippen molar-refractivity contribution in [3.63, 3.8) is 0 Å². The average molecular weight is 265 g/mol. The van der Waals surface area contributed by atoms with Crippen molar-refractivity contribution >= 4 is 16.7 Å². The van der Waals surface area contributed by atoms with E-state index in [1.807, 2.05) is 6.07 Å². The lowest BCUT2D eigenvalue weighted by molar-refractivity contribution is 0.555. The second-order valence-electron chi connectivity index (χ2n) is 5.12. The summed E-state index contributed by atoms with van der Waals surface area (Å²) in [7, 11) is 0. The summed E-state index contributed by atoms with van der Waals surface area (Å²) in [6.07, 6.45) is 0. The van der Waals surface area contributed by atoms with Crippen molar-refractivity contribution in [1.82, 2.24) is 9.36 Å². The Morgan fingerprint density at radius 2 is 2.00 bits per heavy atom. The van der Waals surface area contributed by atoms with Crippen LogP contribution in [0.15, 0.2) is 24.3 Å². The normalized spacial score (nSPS) is 11.6. The van der Waals surface area contributed by atoms with Gasteiger partial charge in [-0.05, 0) is 6.07 Å². The second kappa shape index (κ2) is 5.02. The van der Waals surface area contributed by atoms with Gasteiger partial charge in [-0.3, -0.25) is 0 Å². The number of benzene rings is 1. The summed E-state index contributed by atoms with van der Waals surface area (Å²) in [6.45, 7) is 6.62. The van der Waals surface area contributed by atoms with E-state index in [4.69, 9.17) is 0 Å². The predicted octanol–water partition coefficient (Wildman–Crippen LogP) is 3.59. The number of halogens is 1. The SMILES string of the molecule is CC(C)(C)c1nsc(NCc2ccccc2F)n1. The molecule has 0 saturated carbocycles. The summed E-state index contributed by atoms with van der Waals surface area (Å²) < 4.78 is 17.7. The molecular formula is C13H16FN3S. The molecule has 0 saturated heterocycles. The monoisotopic (exact) mass is 265 g/mol. The van der Waals surface area contributed by atoms with Crippen LogP contribution in [0, 0.1) is 5.82 Å². The van der Waals surface area contributed by atoms with E-state index in [0.717, 1.165) is 11.0 Å². The van der Waals surface area contributed by atoms with Gasteiger partial charge in [-0.25, -0.2) is 9.37 Å². The van der Waals surface area contributed by atoms with Crippen molar-refractivity contribution in [2.24, 2.45) is 0 Å². The van der Waals surface area contributed by atoms with E-state index in [1.165, 1.54) is 17.6 Å². The summed E-state index contributed by atoms with van der Waals surface area (Å²) >= 11 is 1.31. The van der Waals surface area contributed by atoms with Gasteiger partial charge in [0.2, 0.25) is 5.13 Å². The van der Waals surface area contributed by atoms with E-state index < -0.39 is 0 Å². The molecule has 0 radical (unpaired) electrons. The summed E-state index contributed by atoms with van der Waals surface area (Å²) in [5.41, 5.74) is 0.569. The van der Waals surface area contributed by atoms with Crippen LogP contribution in [0.4, 0.5) is 9.52 Å². The minimum Gasteiger partial charge on any atom is -0.356 e. The first kappa shape index (κ1) is 13.0. The van der Waals surface area contributed by atoms with Crippen LogP contribution >= 0.6 is 11.5 Å². The minimum atomic E-state index is -0.203. The topological polar surface area (TPSA) is 37.8 Å². The molecule has 0 unspecified atom stereocenters. The molecule has 1 heterocycles. The number of hydrogen-bond acceptors (Lipinski definition) is 4. The molecule has 0 amide bonds. The minimum absolute atomic E-state index is 0.0611. The Labute approximate surface area is 110 Å². The molecule has 0 fully saturated rings. The van der Waals surface area contributed by atoms with Crippen LogP contribution in [0.5, 0.6) is 0 Å². The second-order valence-corrected chi connectivity index (χ2v) is 5.87. The van der Waals surface area contributed by atoms with Gasteiger partial charge in [0.1, 0.15) is 11.6 Å². The molecule has 0 bridgehead atoms. The molecule has 5 heteroatoms. The first-order valence-electron chi connectivity index (χ1n) is 5.78. The molecule has 1 aromatic heterocycles. The number of nitrogens with zero attached hydrogens (tertiary/aromatic N) is 2. The first-order chi connectivity index (χ1) is 8.47. The highest BCUT2D eigenvalue weighted by molar-refractivity contribution is 7.09. The Bertz CT molecular complexity index is 531. The molecule has 2 rings (SSSR count). The zero-order valence-corrected chi connectivity index (χ0v) is 11.5. The highest BCUT2D eigenvalue weighted by atomic mass is 32.1. The third kappa shape index (κ3) is 3.04. The van der Waals surface area contributed by atoms with Gasteiger partial charge in [-0.15, -0.1) is 0 Å². The van der Waals surface area contributed by atoms with Gasteiger partial charge >= 0.3 is 0 Å².